The molecule has 0 aromatic rings. The molecule has 4 aliphatic carbocycles. The van der Waals surface area contributed by atoms with Crippen LogP contribution in [0, 0.1) is 34.5 Å². The molecule has 0 unspecified atom stereocenters. The van der Waals surface area contributed by atoms with Gasteiger partial charge in [0, 0.05) is 31.4 Å². The average molecular weight is 489 g/mol. The third-order valence-electron chi connectivity index (χ3n) is 10.8. The van der Waals surface area contributed by atoms with Crippen LogP contribution in [0.2, 0.25) is 0 Å². The average Bonchev–Trinajstić information content (AvgIpc) is 3.04. The quantitative estimate of drug-likeness (QED) is 0.444. The van der Waals surface area contributed by atoms with Crippen molar-refractivity contribution in [1.82, 2.24) is 0 Å². The Morgan fingerprint density at radius 2 is 1.83 bits per heavy atom. The molecule has 0 spiro atoms. The van der Waals surface area contributed by atoms with Crippen molar-refractivity contribution in [3.05, 3.63) is 11.1 Å². The summed E-state index contributed by atoms with van der Waals surface area (Å²) in [4.78, 5) is 25.5. The van der Waals surface area contributed by atoms with E-state index < -0.39 is 11.7 Å². The molecule has 5 nitrogen and oxygen atoms in total. The summed E-state index contributed by atoms with van der Waals surface area (Å²) >= 11 is 0. The van der Waals surface area contributed by atoms with Crippen LogP contribution in [-0.2, 0) is 19.1 Å². The van der Waals surface area contributed by atoms with Gasteiger partial charge in [-0.1, -0.05) is 53.9 Å². The van der Waals surface area contributed by atoms with Crippen molar-refractivity contribution in [3.8, 4) is 0 Å². The summed E-state index contributed by atoms with van der Waals surface area (Å²) in [6.07, 6.45) is 8.28. The van der Waals surface area contributed by atoms with Crippen LogP contribution in [0.5, 0.6) is 0 Å². The molecule has 0 aliphatic heterocycles. The van der Waals surface area contributed by atoms with Gasteiger partial charge in [-0.25, -0.2) is 0 Å². The van der Waals surface area contributed by atoms with Crippen molar-refractivity contribution in [2.75, 3.05) is 7.11 Å². The Morgan fingerprint density at radius 3 is 2.46 bits per heavy atom. The van der Waals surface area contributed by atoms with E-state index in [2.05, 4.69) is 34.6 Å². The van der Waals surface area contributed by atoms with E-state index in [-0.39, 0.29) is 34.6 Å². The number of aliphatic hydroxyl groups is 1. The Hall–Kier alpha value is -1.20. The van der Waals surface area contributed by atoms with Gasteiger partial charge in [0.15, 0.2) is 5.78 Å². The molecule has 3 fully saturated rings. The lowest BCUT2D eigenvalue weighted by Crippen LogP contribution is -2.63. The van der Waals surface area contributed by atoms with Crippen molar-refractivity contribution in [2.24, 2.45) is 34.5 Å². The molecule has 4 aliphatic rings. The van der Waals surface area contributed by atoms with Gasteiger partial charge in [0.1, 0.15) is 11.7 Å². The number of ketones is 1. The van der Waals surface area contributed by atoms with E-state index in [4.69, 9.17) is 9.47 Å². The molecule has 0 saturated heterocycles. The summed E-state index contributed by atoms with van der Waals surface area (Å²) in [6, 6.07) is 0. The maximum atomic E-state index is 13.9. The lowest BCUT2D eigenvalue weighted by atomic mass is 9.46. The minimum atomic E-state index is -0.667. The Kier molecular flexibility index (Phi) is 7.36. The molecule has 0 aromatic carbocycles. The first-order chi connectivity index (χ1) is 16.4. The molecule has 198 valence electrons. The van der Waals surface area contributed by atoms with E-state index in [1.54, 1.807) is 7.11 Å². The molecular weight excluding hydrogens is 440 g/mol. The van der Waals surface area contributed by atoms with Crippen LogP contribution in [0.3, 0.4) is 0 Å². The summed E-state index contributed by atoms with van der Waals surface area (Å²) in [7, 11) is 1.76. The van der Waals surface area contributed by atoms with E-state index >= 15 is 0 Å². The second kappa shape index (κ2) is 9.59. The second-order valence-electron chi connectivity index (χ2n) is 13.1. The van der Waals surface area contributed by atoms with E-state index in [1.165, 1.54) is 26.2 Å². The molecule has 1 N–H and O–H groups in total. The fourth-order valence-corrected chi connectivity index (χ4v) is 8.91. The smallest absolute Gasteiger partial charge is 0.302 e. The zero-order valence-electron chi connectivity index (χ0n) is 23.1. The maximum absolute atomic E-state index is 13.9. The standard InChI is InChI=1S/C30H48O5/c1-18(2)9-8-10-19(3)23-17-25(33)26-27-24(32)16-21-15-22(35-20(4)31)11-12-29(21,6)30(27,34-7)14-13-28(23,26)5/h18-19,21-23,25,33H,8-17H2,1-7H3/t19-,21-,22+,23-,25+,28-,29+,30-/m1/s1. The number of esters is 1. The van der Waals surface area contributed by atoms with Crippen LogP contribution >= 0.6 is 0 Å². The summed E-state index contributed by atoms with van der Waals surface area (Å²) in [5.41, 5.74) is 0.777. The molecule has 0 aromatic heterocycles. The molecule has 4 rings (SSSR count). The number of fused-ring (bicyclic) bond motifs is 4. The zero-order chi connectivity index (χ0) is 25.8. The Morgan fingerprint density at radius 1 is 1.11 bits per heavy atom. The normalized spacial score (nSPS) is 41.9. The Bertz CT molecular complexity index is 876. The highest BCUT2D eigenvalue weighted by atomic mass is 16.5. The maximum Gasteiger partial charge on any atom is 0.302 e. The predicted octanol–water partition coefficient (Wildman–Crippen LogP) is 6.02. The number of methoxy groups -OCH3 is 1. The monoisotopic (exact) mass is 488 g/mol. The first-order valence-electron chi connectivity index (χ1n) is 14.1. The van der Waals surface area contributed by atoms with Gasteiger partial charge in [-0.15, -0.1) is 0 Å². The van der Waals surface area contributed by atoms with E-state index in [0.29, 0.717) is 30.6 Å². The minimum absolute atomic E-state index is 0.117. The topological polar surface area (TPSA) is 72.8 Å². The summed E-state index contributed by atoms with van der Waals surface area (Å²) in [5.74, 6) is 1.63. The van der Waals surface area contributed by atoms with Crippen LogP contribution in [0.25, 0.3) is 0 Å². The molecule has 8 atom stereocenters. The van der Waals surface area contributed by atoms with Gasteiger partial charge in [0.25, 0.3) is 0 Å². The van der Waals surface area contributed by atoms with Crippen LogP contribution < -0.4 is 0 Å². The molecular formula is C30H48O5. The highest BCUT2D eigenvalue weighted by Gasteiger charge is 2.67. The van der Waals surface area contributed by atoms with Crippen molar-refractivity contribution in [1.29, 1.82) is 0 Å². The van der Waals surface area contributed by atoms with Crippen LogP contribution in [0.15, 0.2) is 11.1 Å². The Balaban J connectivity index is 1.69. The molecule has 3 saturated carbocycles. The van der Waals surface area contributed by atoms with Crippen LogP contribution in [0.4, 0.5) is 0 Å². The molecule has 5 heteroatoms. The predicted molar refractivity (Wildman–Crippen MR) is 137 cm³/mol. The summed E-state index contributed by atoms with van der Waals surface area (Å²) < 4.78 is 12.0. The molecule has 0 radical (unpaired) electrons. The first kappa shape index (κ1) is 26.9. The lowest BCUT2D eigenvalue weighted by molar-refractivity contribution is -0.180. The van der Waals surface area contributed by atoms with Gasteiger partial charge in [-0.3, -0.25) is 9.59 Å². The van der Waals surface area contributed by atoms with Gasteiger partial charge in [-0.2, -0.15) is 0 Å². The first-order valence-corrected chi connectivity index (χ1v) is 14.1. The van der Waals surface area contributed by atoms with Gasteiger partial charge in [0.2, 0.25) is 0 Å². The molecule has 0 bridgehead atoms. The summed E-state index contributed by atoms with van der Waals surface area (Å²) in [5, 5.41) is 11.5. The number of ether oxygens (including phenoxy) is 2. The number of aliphatic hydroxyl groups excluding tert-OH is 1. The van der Waals surface area contributed by atoms with Crippen molar-refractivity contribution < 1.29 is 24.2 Å². The fourth-order valence-electron chi connectivity index (χ4n) is 8.91. The number of Topliss-reactive ketones (excluding diaryl/α,β-unsaturated/α-hetero) is 1. The molecule has 35 heavy (non-hydrogen) atoms. The van der Waals surface area contributed by atoms with Gasteiger partial charge >= 0.3 is 5.97 Å². The fraction of sp³-hybridized carbons (Fsp3) is 0.867. The van der Waals surface area contributed by atoms with Crippen molar-refractivity contribution >= 4 is 11.8 Å². The summed E-state index contributed by atoms with van der Waals surface area (Å²) in [6.45, 7) is 13.0. The van der Waals surface area contributed by atoms with Gasteiger partial charge < -0.3 is 14.6 Å². The number of carbonyl (C=O) groups excluding carboxylic acids is 2. The van der Waals surface area contributed by atoms with Gasteiger partial charge in [-0.05, 0) is 73.2 Å². The largest absolute Gasteiger partial charge is 0.463 e. The minimum Gasteiger partial charge on any atom is -0.463 e. The van der Waals surface area contributed by atoms with E-state index in [9.17, 15) is 14.7 Å². The molecule has 0 heterocycles. The van der Waals surface area contributed by atoms with Crippen molar-refractivity contribution in [2.45, 2.75) is 124 Å². The number of rotatable bonds is 7. The molecule has 0 amide bonds. The third kappa shape index (κ3) is 4.23. The SMILES string of the molecule is CO[C@]12CC[C@@]3(C)C(=C1C(=O)C[C@H]1C[C@@H](OC(C)=O)CC[C@@]12C)[C@@H](O)C[C@@H]3[C@H](C)CCCC(C)C. The third-order valence-corrected chi connectivity index (χ3v) is 10.8. The van der Waals surface area contributed by atoms with Crippen LogP contribution in [0.1, 0.15) is 106 Å². The zero-order valence-corrected chi connectivity index (χ0v) is 23.1. The van der Waals surface area contributed by atoms with E-state index in [1.807, 2.05) is 0 Å². The van der Waals surface area contributed by atoms with Gasteiger partial charge in [0.05, 0.1) is 6.10 Å². The van der Waals surface area contributed by atoms with Crippen LogP contribution in [-0.4, -0.2) is 41.8 Å². The lowest BCUT2D eigenvalue weighted by Gasteiger charge is -2.62. The number of carbonyl (C=O) groups is 2. The van der Waals surface area contributed by atoms with E-state index in [0.717, 1.165) is 43.3 Å². The number of hydrogen-bond acceptors (Lipinski definition) is 5. The second-order valence-corrected chi connectivity index (χ2v) is 13.1. The highest BCUT2D eigenvalue weighted by Crippen LogP contribution is 2.67. The highest BCUT2D eigenvalue weighted by molar-refractivity contribution is 6.00. The van der Waals surface area contributed by atoms with Crippen molar-refractivity contribution in [3.63, 3.8) is 0 Å². The number of hydrogen-bond donors (Lipinski definition) is 1. The Labute approximate surface area is 212 Å².